The molecule has 1 aliphatic heterocycles. The highest BCUT2D eigenvalue weighted by molar-refractivity contribution is 6.33. The number of halogens is 1. The number of hydrogen-bond acceptors (Lipinski definition) is 7. The van der Waals surface area contributed by atoms with E-state index in [-0.39, 0.29) is 28.7 Å². The second-order valence-electron chi connectivity index (χ2n) is 5.74. The minimum absolute atomic E-state index is 0.0953. The van der Waals surface area contributed by atoms with Gasteiger partial charge in [0.15, 0.2) is 6.61 Å². The summed E-state index contributed by atoms with van der Waals surface area (Å²) < 4.78 is 10.0. The summed E-state index contributed by atoms with van der Waals surface area (Å²) in [5, 5.41) is 10.5. The zero-order valence-corrected chi connectivity index (χ0v) is 15.3. The van der Waals surface area contributed by atoms with E-state index in [9.17, 15) is 24.5 Å². The van der Waals surface area contributed by atoms with Gasteiger partial charge in [0.05, 0.1) is 35.3 Å². The maximum Gasteiger partial charge on any atom is 0.340 e. The van der Waals surface area contributed by atoms with Crippen molar-refractivity contribution in [1.82, 2.24) is 9.80 Å². The van der Waals surface area contributed by atoms with Gasteiger partial charge in [-0.05, 0) is 6.07 Å². The van der Waals surface area contributed by atoms with E-state index in [1.807, 2.05) is 0 Å². The number of benzene rings is 1. The van der Waals surface area contributed by atoms with Crippen molar-refractivity contribution < 1.29 is 28.8 Å². The molecule has 0 aromatic heterocycles. The monoisotopic (exact) mass is 399 g/mol. The van der Waals surface area contributed by atoms with Crippen LogP contribution in [0.15, 0.2) is 18.2 Å². The van der Waals surface area contributed by atoms with Crippen molar-refractivity contribution in [2.75, 3.05) is 46.5 Å². The van der Waals surface area contributed by atoms with E-state index < -0.39 is 23.4 Å². The first-order valence-electron chi connectivity index (χ1n) is 8.00. The smallest absolute Gasteiger partial charge is 0.340 e. The standard InChI is InChI=1S/C16H18ClN3O7/c1-18(9-14(21)19-4-6-26-7-5-19)15(22)10-27-16(23)12-3-2-11(20(24)25)8-13(12)17/h2-3,8H,4-7,9-10H2,1H3. The molecule has 2 rings (SSSR count). The second-order valence-corrected chi connectivity index (χ2v) is 6.15. The van der Waals surface area contributed by atoms with Crippen molar-refractivity contribution in [2.24, 2.45) is 0 Å². The number of esters is 1. The Hall–Kier alpha value is -2.72. The van der Waals surface area contributed by atoms with Crippen molar-refractivity contribution >= 4 is 35.1 Å². The topological polar surface area (TPSA) is 119 Å². The number of nitrogens with zero attached hydrogens (tertiary/aromatic N) is 3. The Morgan fingerprint density at radius 1 is 1.33 bits per heavy atom. The maximum atomic E-state index is 12.1. The van der Waals surface area contributed by atoms with E-state index in [1.54, 1.807) is 4.90 Å². The number of carbonyl (C=O) groups is 3. The SMILES string of the molecule is CN(CC(=O)N1CCOCC1)C(=O)COC(=O)c1ccc([N+](=O)[O-])cc1Cl. The van der Waals surface area contributed by atoms with Gasteiger partial charge in [0, 0.05) is 32.3 Å². The van der Waals surface area contributed by atoms with Crippen LogP contribution < -0.4 is 0 Å². The number of ether oxygens (including phenoxy) is 2. The van der Waals surface area contributed by atoms with Crippen LogP contribution in [-0.4, -0.2) is 79.0 Å². The van der Waals surface area contributed by atoms with Gasteiger partial charge in [0.25, 0.3) is 11.6 Å². The number of nitro groups is 1. The summed E-state index contributed by atoms with van der Waals surface area (Å²) in [5.74, 6) is -1.68. The average molecular weight is 400 g/mol. The van der Waals surface area contributed by atoms with Crippen molar-refractivity contribution in [3.8, 4) is 0 Å². The van der Waals surface area contributed by atoms with Crippen LogP contribution in [0.2, 0.25) is 5.02 Å². The first kappa shape index (κ1) is 20.6. The summed E-state index contributed by atoms with van der Waals surface area (Å²) in [5.41, 5.74) is -0.365. The van der Waals surface area contributed by atoms with E-state index in [2.05, 4.69) is 0 Å². The third-order valence-electron chi connectivity index (χ3n) is 3.87. The molecule has 27 heavy (non-hydrogen) atoms. The van der Waals surface area contributed by atoms with Crippen molar-refractivity contribution in [3.63, 3.8) is 0 Å². The van der Waals surface area contributed by atoms with Gasteiger partial charge in [0.2, 0.25) is 5.91 Å². The summed E-state index contributed by atoms with van der Waals surface area (Å²) >= 11 is 5.84. The zero-order valence-electron chi connectivity index (χ0n) is 14.6. The number of morpholine rings is 1. The largest absolute Gasteiger partial charge is 0.452 e. The van der Waals surface area contributed by atoms with Gasteiger partial charge in [-0.25, -0.2) is 4.79 Å². The average Bonchev–Trinajstić information content (AvgIpc) is 2.66. The van der Waals surface area contributed by atoms with Gasteiger partial charge in [-0.2, -0.15) is 0 Å². The van der Waals surface area contributed by atoms with E-state index in [0.29, 0.717) is 26.3 Å². The molecule has 11 heteroatoms. The summed E-state index contributed by atoms with van der Waals surface area (Å²) in [6, 6.07) is 3.28. The minimum Gasteiger partial charge on any atom is -0.452 e. The molecule has 0 radical (unpaired) electrons. The molecule has 1 aliphatic rings. The third-order valence-corrected chi connectivity index (χ3v) is 4.18. The lowest BCUT2D eigenvalue weighted by Crippen LogP contribution is -2.46. The Morgan fingerprint density at radius 2 is 2.00 bits per heavy atom. The van der Waals surface area contributed by atoms with E-state index in [4.69, 9.17) is 21.1 Å². The van der Waals surface area contributed by atoms with Crippen LogP contribution in [0.1, 0.15) is 10.4 Å². The van der Waals surface area contributed by atoms with Crippen LogP contribution in [0.25, 0.3) is 0 Å². The highest BCUT2D eigenvalue weighted by Crippen LogP contribution is 2.23. The van der Waals surface area contributed by atoms with Crippen LogP contribution in [0.4, 0.5) is 5.69 Å². The lowest BCUT2D eigenvalue weighted by Gasteiger charge is -2.28. The van der Waals surface area contributed by atoms with Crippen molar-refractivity contribution in [1.29, 1.82) is 0 Å². The summed E-state index contributed by atoms with van der Waals surface area (Å²) in [7, 11) is 1.42. The van der Waals surface area contributed by atoms with Gasteiger partial charge < -0.3 is 19.3 Å². The highest BCUT2D eigenvalue weighted by atomic mass is 35.5. The van der Waals surface area contributed by atoms with Crippen LogP contribution in [-0.2, 0) is 19.1 Å². The lowest BCUT2D eigenvalue weighted by atomic mass is 10.2. The number of rotatable bonds is 6. The molecule has 146 valence electrons. The molecule has 2 amide bonds. The minimum atomic E-state index is -0.892. The summed E-state index contributed by atoms with van der Waals surface area (Å²) in [4.78, 5) is 48.9. The fourth-order valence-corrected chi connectivity index (χ4v) is 2.55. The predicted molar refractivity (Wildman–Crippen MR) is 93.4 cm³/mol. The van der Waals surface area contributed by atoms with Crippen LogP contribution in [0.3, 0.4) is 0 Å². The van der Waals surface area contributed by atoms with Gasteiger partial charge in [-0.1, -0.05) is 11.6 Å². The number of hydrogen-bond donors (Lipinski definition) is 0. The molecule has 0 saturated carbocycles. The van der Waals surface area contributed by atoms with Crippen LogP contribution in [0.5, 0.6) is 0 Å². The Morgan fingerprint density at radius 3 is 2.59 bits per heavy atom. The van der Waals surface area contributed by atoms with E-state index in [1.165, 1.54) is 7.05 Å². The van der Waals surface area contributed by atoms with E-state index in [0.717, 1.165) is 23.1 Å². The molecule has 0 aliphatic carbocycles. The maximum absolute atomic E-state index is 12.1. The molecule has 1 saturated heterocycles. The normalized spacial score (nSPS) is 13.8. The molecule has 0 spiro atoms. The van der Waals surface area contributed by atoms with Crippen LogP contribution in [0, 0.1) is 10.1 Å². The predicted octanol–water partition coefficient (Wildman–Crippen LogP) is 0.722. The zero-order chi connectivity index (χ0) is 20.0. The molecule has 1 aromatic rings. The number of likely N-dealkylation sites (N-methyl/N-ethyl adjacent to an activating group) is 1. The third kappa shape index (κ3) is 5.63. The van der Waals surface area contributed by atoms with Gasteiger partial charge in [0.1, 0.15) is 0 Å². The molecule has 1 fully saturated rings. The fraction of sp³-hybridized carbons (Fsp3) is 0.438. The molecular formula is C16H18ClN3O7. The van der Waals surface area contributed by atoms with Crippen molar-refractivity contribution in [3.05, 3.63) is 38.9 Å². The number of amides is 2. The number of nitro benzene ring substituents is 1. The Labute approximate surface area is 159 Å². The van der Waals surface area contributed by atoms with Gasteiger partial charge in [-0.15, -0.1) is 0 Å². The molecule has 10 nitrogen and oxygen atoms in total. The van der Waals surface area contributed by atoms with Gasteiger partial charge >= 0.3 is 5.97 Å². The molecule has 0 atom stereocenters. The highest BCUT2D eigenvalue weighted by Gasteiger charge is 2.22. The number of non-ortho nitro benzene ring substituents is 1. The van der Waals surface area contributed by atoms with Crippen molar-refractivity contribution in [2.45, 2.75) is 0 Å². The molecule has 0 N–H and O–H groups in total. The molecule has 0 bridgehead atoms. The lowest BCUT2D eigenvalue weighted by molar-refractivity contribution is -0.384. The van der Waals surface area contributed by atoms with Crippen LogP contribution >= 0.6 is 11.6 Å². The first-order valence-corrected chi connectivity index (χ1v) is 8.38. The Kier molecular flexibility index (Phi) is 7.08. The number of carbonyl (C=O) groups excluding carboxylic acids is 3. The summed E-state index contributed by atoms with van der Waals surface area (Å²) in [6.45, 7) is 1.12. The molecule has 1 aromatic carbocycles. The molecule has 0 unspecified atom stereocenters. The second kappa shape index (κ2) is 9.28. The van der Waals surface area contributed by atoms with E-state index >= 15 is 0 Å². The Balaban J connectivity index is 1.85. The first-order chi connectivity index (χ1) is 12.8. The molecule has 1 heterocycles. The quantitative estimate of drug-likeness (QED) is 0.392. The Bertz CT molecular complexity index is 750. The molecular weight excluding hydrogens is 382 g/mol. The summed E-state index contributed by atoms with van der Waals surface area (Å²) in [6.07, 6.45) is 0. The fourth-order valence-electron chi connectivity index (χ4n) is 2.30. The van der Waals surface area contributed by atoms with Gasteiger partial charge in [-0.3, -0.25) is 19.7 Å².